The molecule has 1 saturated carbocycles. The van der Waals surface area contributed by atoms with E-state index in [0.717, 1.165) is 25.0 Å². The molecular weight excluding hydrogens is 210 g/mol. The van der Waals surface area contributed by atoms with Crippen LogP contribution in [0.1, 0.15) is 33.1 Å². The summed E-state index contributed by atoms with van der Waals surface area (Å²) in [7, 11) is 4.27. The first-order valence-electron chi connectivity index (χ1n) is 7.19. The zero-order chi connectivity index (χ0) is 12.7. The van der Waals surface area contributed by atoms with Gasteiger partial charge in [-0.3, -0.25) is 4.90 Å². The maximum atomic E-state index is 3.56. The molecule has 3 nitrogen and oxygen atoms in total. The summed E-state index contributed by atoms with van der Waals surface area (Å²) >= 11 is 0. The summed E-state index contributed by atoms with van der Waals surface area (Å²) in [5, 5.41) is 3.56. The number of nitrogens with zero attached hydrogens (tertiary/aromatic N) is 2. The first-order chi connectivity index (χ1) is 8.09. The number of rotatable bonds is 10. The molecule has 0 aliphatic heterocycles. The topological polar surface area (TPSA) is 18.5 Å². The van der Waals surface area contributed by atoms with Gasteiger partial charge in [0, 0.05) is 25.7 Å². The fraction of sp³-hybridized carbons (Fsp3) is 1.00. The van der Waals surface area contributed by atoms with Crippen LogP contribution in [0.15, 0.2) is 0 Å². The van der Waals surface area contributed by atoms with E-state index in [0.29, 0.717) is 0 Å². The molecule has 1 rings (SSSR count). The van der Waals surface area contributed by atoms with Crippen molar-refractivity contribution in [3.8, 4) is 0 Å². The van der Waals surface area contributed by atoms with Crippen molar-refractivity contribution in [1.82, 2.24) is 15.1 Å². The molecule has 102 valence electrons. The van der Waals surface area contributed by atoms with Crippen molar-refractivity contribution >= 4 is 0 Å². The molecule has 17 heavy (non-hydrogen) atoms. The second-order valence-corrected chi connectivity index (χ2v) is 6.03. The van der Waals surface area contributed by atoms with E-state index in [1.165, 1.54) is 38.9 Å². The molecule has 1 fully saturated rings. The van der Waals surface area contributed by atoms with Gasteiger partial charge in [-0.05, 0) is 52.4 Å². The Hall–Kier alpha value is -0.120. The highest BCUT2D eigenvalue weighted by Crippen LogP contribution is 2.26. The van der Waals surface area contributed by atoms with Gasteiger partial charge in [-0.1, -0.05) is 13.8 Å². The Labute approximate surface area is 108 Å². The highest BCUT2D eigenvalue weighted by atomic mass is 15.2. The molecule has 1 aliphatic carbocycles. The van der Waals surface area contributed by atoms with Gasteiger partial charge in [0.1, 0.15) is 0 Å². The molecule has 0 aromatic rings. The lowest BCUT2D eigenvalue weighted by Crippen LogP contribution is -2.36. The molecule has 0 atom stereocenters. The minimum absolute atomic E-state index is 0.796. The Bertz CT molecular complexity index is 188. The predicted molar refractivity (Wildman–Crippen MR) is 75.5 cm³/mol. The SMILES string of the molecule is CC(C)CN(CCNCCCN(C)C)C1CC1. The summed E-state index contributed by atoms with van der Waals surface area (Å²) in [6, 6.07) is 0.904. The monoisotopic (exact) mass is 241 g/mol. The van der Waals surface area contributed by atoms with E-state index in [4.69, 9.17) is 0 Å². The molecule has 0 amide bonds. The van der Waals surface area contributed by atoms with Crippen LogP contribution < -0.4 is 5.32 Å². The van der Waals surface area contributed by atoms with E-state index >= 15 is 0 Å². The molecule has 0 aromatic heterocycles. The molecule has 0 radical (unpaired) electrons. The van der Waals surface area contributed by atoms with Crippen LogP contribution in [0.3, 0.4) is 0 Å². The van der Waals surface area contributed by atoms with Crippen molar-refractivity contribution in [2.75, 3.05) is 46.8 Å². The number of hydrogen-bond acceptors (Lipinski definition) is 3. The van der Waals surface area contributed by atoms with Crippen LogP contribution in [0.5, 0.6) is 0 Å². The lowest BCUT2D eigenvalue weighted by atomic mass is 10.2. The van der Waals surface area contributed by atoms with Crippen LogP contribution in [0.4, 0.5) is 0 Å². The zero-order valence-electron chi connectivity index (χ0n) is 12.2. The van der Waals surface area contributed by atoms with Crippen molar-refractivity contribution in [2.45, 2.75) is 39.2 Å². The van der Waals surface area contributed by atoms with Gasteiger partial charge in [-0.2, -0.15) is 0 Å². The molecule has 0 unspecified atom stereocenters. The van der Waals surface area contributed by atoms with E-state index in [9.17, 15) is 0 Å². The van der Waals surface area contributed by atoms with Crippen LogP contribution in [-0.2, 0) is 0 Å². The highest BCUT2D eigenvalue weighted by molar-refractivity contribution is 4.85. The molecule has 1 N–H and O–H groups in total. The summed E-state index contributed by atoms with van der Waals surface area (Å²) in [6.07, 6.45) is 4.10. The molecule has 0 aromatic carbocycles. The van der Waals surface area contributed by atoms with Gasteiger partial charge >= 0.3 is 0 Å². The van der Waals surface area contributed by atoms with Crippen molar-refractivity contribution in [3.05, 3.63) is 0 Å². The van der Waals surface area contributed by atoms with Crippen LogP contribution in [-0.4, -0.2) is 62.7 Å². The van der Waals surface area contributed by atoms with Gasteiger partial charge in [0.15, 0.2) is 0 Å². The van der Waals surface area contributed by atoms with E-state index in [2.05, 4.69) is 43.1 Å². The summed E-state index contributed by atoms with van der Waals surface area (Å²) in [5.74, 6) is 0.796. The molecular formula is C14H31N3. The Balaban J connectivity index is 1.99. The van der Waals surface area contributed by atoms with Gasteiger partial charge < -0.3 is 10.2 Å². The third kappa shape index (κ3) is 7.74. The summed E-state index contributed by atoms with van der Waals surface area (Å²) in [5.41, 5.74) is 0. The quantitative estimate of drug-likeness (QED) is 0.587. The fourth-order valence-electron chi connectivity index (χ4n) is 2.20. The standard InChI is InChI=1S/C14H31N3/c1-13(2)12-17(14-6-7-14)11-9-15-8-5-10-16(3)4/h13-15H,5-12H2,1-4H3. The Kier molecular flexibility index (Phi) is 7.09. The number of hydrogen-bond donors (Lipinski definition) is 1. The average molecular weight is 241 g/mol. The van der Waals surface area contributed by atoms with Crippen LogP contribution in [0.2, 0.25) is 0 Å². The molecule has 0 spiro atoms. The molecule has 0 heterocycles. The zero-order valence-corrected chi connectivity index (χ0v) is 12.2. The van der Waals surface area contributed by atoms with Crippen LogP contribution >= 0.6 is 0 Å². The van der Waals surface area contributed by atoms with E-state index in [1.54, 1.807) is 0 Å². The highest BCUT2D eigenvalue weighted by Gasteiger charge is 2.28. The summed E-state index contributed by atoms with van der Waals surface area (Å²) in [6.45, 7) is 10.6. The minimum Gasteiger partial charge on any atom is -0.315 e. The van der Waals surface area contributed by atoms with Crippen molar-refractivity contribution < 1.29 is 0 Å². The lowest BCUT2D eigenvalue weighted by molar-refractivity contribution is 0.234. The third-order valence-corrected chi connectivity index (χ3v) is 3.20. The second kappa shape index (κ2) is 8.06. The molecule has 1 aliphatic rings. The van der Waals surface area contributed by atoms with E-state index in [1.807, 2.05) is 0 Å². The van der Waals surface area contributed by atoms with Gasteiger partial charge in [0.25, 0.3) is 0 Å². The van der Waals surface area contributed by atoms with Gasteiger partial charge in [-0.15, -0.1) is 0 Å². The maximum absolute atomic E-state index is 3.56. The Morgan fingerprint density at radius 1 is 1.12 bits per heavy atom. The third-order valence-electron chi connectivity index (χ3n) is 3.20. The molecule has 0 bridgehead atoms. The van der Waals surface area contributed by atoms with Gasteiger partial charge in [0.2, 0.25) is 0 Å². The van der Waals surface area contributed by atoms with Crippen LogP contribution in [0.25, 0.3) is 0 Å². The smallest absolute Gasteiger partial charge is 0.0110 e. The largest absolute Gasteiger partial charge is 0.315 e. The van der Waals surface area contributed by atoms with Crippen molar-refractivity contribution in [1.29, 1.82) is 0 Å². The van der Waals surface area contributed by atoms with Gasteiger partial charge in [-0.25, -0.2) is 0 Å². The molecule has 0 saturated heterocycles. The lowest BCUT2D eigenvalue weighted by Gasteiger charge is -2.24. The maximum Gasteiger partial charge on any atom is 0.0110 e. The van der Waals surface area contributed by atoms with E-state index < -0.39 is 0 Å². The summed E-state index contributed by atoms with van der Waals surface area (Å²) in [4.78, 5) is 4.92. The normalized spacial score (nSPS) is 16.4. The van der Waals surface area contributed by atoms with Crippen LogP contribution in [0, 0.1) is 5.92 Å². The fourth-order valence-corrected chi connectivity index (χ4v) is 2.20. The predicted octanol–water partition coefficient (Wildman–Crippen LogP) is 1.65. The minimum atomic E-state index is 0.796. The Morgan fingerprint density at radius 3 is 2.35 bits per heavy atom. The average Bonchev–Trinajstić information content (AvgIpc) is 3.03. The van der Waals surface area contributed by atoms with E-state index in [-0.39, 0.29) is 0 Å². The second-order valence-electron chi connectivity index (χ2n) is 6.03. The van der Waals surface area contributed by atoms with Crippen molar-refractivity contribution in [3.63, 3.8) is 0 Å². The number of nitrogens with one attached hydrogen (secondary N) is 1. The molecule has 3 heteroatoms. The summed E-state index contributed by atoms with van der Waals surface area (Å²) < 4.78 is 0. The van der Waals surface area contributed by atoms with Gasteiger partial charge in [0.05, 0.1) is 0 Å². The first kappa shape index (κ1) is 14.9. The Morgan fingerprint density at radius 2 is 1.82 bits per heavy atom. The first-order valence-corrected chi connectivity index (χ1v) is 7.19. The van der Waals surface area contributed by atoms with Crippen molar-refractivity contribution in [2.24, 2.45) is 5.92 Å².